The third-order valence-electron chi connectivity index (χ3n) is 3.96. The van der Waals surface area contributed by atoms with Crippen LogP contribution in [0.2, 0.25) is 0 Å². The van der Waals surface area contributed by atoms with Crippen LogP contribution in [0.4, 0.5) is 17.1 Å². The summed E-state index contributed by atoms with van der Waals surface area (Å²) in [5.41, 5.74) is 1.18. The number of benzene rings is 2. The van der Waals surface area contributed by atoms with Gasteiger partial charge in [-0.1, -0.05) is 12.1 Å². The fourth-order valence-electron chi connectivity index (χ4n) is 2.38. The number of hydrogen-bond donors (Lipinski definition) is 1. The number of nitrogens with zero attached hydrogens (tertiary/aromatic N) is 2. The molecule has 0 saturated carbocycles. The third kappa shape index (κ3) is 5.70. The Balaban J connectivity index is 2.00. The lowest BCUT2D eigenvalue weighted by Gasteiger charge is -2.09. The zero-order valence-electron chi connectivity index (χ0n) is 15.6. The van der Waals surface area contributed by atoms with Gasteiger partial charge in [0.25, 0.3) is 17.3 Å². The average molecular weight is 399 g/mol. The van der Waals surface area contributed by atoms with Crippen molar-refractivity contribution in [1.82, 2.24) is 0 Å². The van der Waals surface area contributed by atoms with Gasteiger partial charge < -0.3 is 10.1 Å². The highest BCUT2D eigenvalue weighted by Crippen LogP contribution is 2.27. The van der Waals surface area contributed by atoms with Gasteiger partial charge >= 0.3 is 5.97 Å². The van der Waals surface area contributed by atoms with Crippen LogP contribution in [-0.4, -0.2) is 28.3 Å². The number of nitro groups is 2. The maximum Gasteiger partial charge on any atom is 0.331 e. The second-order valence-electron chi connectivity index (χ2n) is 6.02. The Hall–Kier alpha value is -4.08. The summed E-state index contributed by atoms with van der Waals surface area (Å²) in [4.78, 5) is 44.6. The Labute approximate surface area is 165 Å². The van der Waals surface area contributed by atoms with E-state index in [1.807, 2.05) is 0 Å². The molecule has 0 aliphatic heterocycles. The zero-order valence-corrected chi connectivity index (χ0v) is 15.6. The summed E-state index contributed by atoms with van der Waals surface area (Å²) in [5.74, 6) is -1.66. The number of anilines is 1. The highest BCUT2D eigenvalue weighted by atomic mass is 16.6. The number of amides is 1. The van der Waals surface area contributed by atoms with Gasteiger partial charge in [0.05, 0.1) is 15.4 Å². The fourth-order valence-corrected chi connectivity index (χ4v) is 2.38. The Morgan fingerprint density at radius 1 is 1.03 bits per heavy atom. The molecule has 10 heteroatoms. The van der Waals surface area contributed by atoms with Crippen LogP contribution in [0.1, 0.15) is 16.7 Å². The summed E-state index contributed by atoms with van der Waals surface area (Å²) in [6.07, 6.45) is 2.15. The smallest absolute Gasteiger partial charge is 0.331 e. The lowest BCUT2D eigenvalue weighted by molar-refractivity contribution is -0.385. The van der Waals surface area contributed by atoms with Crippen molar-refractivity contribution < 1.29 is 24.2 Å². The molecular formula is C19H17N3O7. The molecule has 2 aromatic carbocycles. The van der Waals surface area contributed by atoms with Crippen molar-refractivity contribution in [1.29, 1.82) is 0 Å². The molecule has 0 atom stereocenters. The Bertz CT molecular complexity index is 1010. The monoisotopic (exact) mass is 399 g/mol. The molecule has 0 unspecified atom stereocenters. The van der Waals surface area contributed by atoms with Crippen LogP contribution in [0, 0.1) is 34.1 Å². The summed E-state index contributed by atoms with van der Waals surface area (Å²) >= 11 is 0. The summed E-state index contributed by atoms with van der Waals surface area (Å²) in [6.45, 7) is 2.77. The lowest BCUT2D eigenvalue weighted by atomic mass is 10.1. The minimum atomic E-state index is -0.895. The molecule has 10 nitrogen and oxygen atoms in total. The number of nitrogens with one attached hydrogen (secondary N) is 1. The molecule has 2 rings (SSSR count). The van der Waals surface area contributed by atoms with E-state index in [1.165, 1.54) is 36.4 Å². The first-order valence-electron chi connectivity index (χ1n) is 8.32. The van der Waals surface area contributed by atoms with E-state index in [9.17, 15) is 29.8 Å². The van der Waals surface area contributed by atoms with Gasteiger partial charge in [-0.2, -0.15) is 0 Å². The lowest BCUT2D eigenvalue weighted by Crippen LogP contribution is -2.20. The highest BCUT2D eigenvalue weighted by molar-refractivity contribution is 5.96. The quantitative estimate of drug-likeness (QED) is 0.326. The first kappa shape index (κ1) is 21.2. The van der Waals surface area contributed by atoms with E-state index in [2.05, 4.69) is 5.32 Å². The number of carbonyl (C=O) groups is 2. The van der Waals surface area contributed by atoms with Crippen LogP contribution in [0.25, 0.3) is 6.08 Å². The summed E-state index contributed by atoms with van der Waals surface area (Å²) in [6, 6.07) is 8.60. The zero-order chi connectivity index (χ0) is 21.6. The molecule has 0 saturated heterocycles. The van der Waals surface area contributed by atoms with E-state index in [0.717, 1.165) is 11.6 Å². The van der Waals surface area contributed by atoms with Crippen molar-refractivity contribution in [2.45, 2.75) is 13.8 Å². The number of esters is 1. The minimum Gasteiger partial charge on any atom is -0.452 e. The molecule has 0 aliphatic carbocycles. The summed E-state index contributed by atoms with van der Waals surface area (Å²) in [5, 5.41) is 24.4. The van der Waals surface area contributed by atoms with Crippen LogP contribution < -0.4 is 5.32 Å². The number of hydrogen-bond acceptors (Lipinski definition) is 7. The number of nitro benzene ring substituents is 2. The predicted octanol–water partition coefficient (Wildman–Crippen LogP) is 3.31. The maximum absolute atomic E-state index is 12.0. The number of carbonyl (C=O) groups excluding carboxylic acids is 2. The van der Waals surface area contributed by atoms with Crippen molar-refractivity contribution in [3.8, 4) is 0 Å². The van der Waals surface area contributed by atoms with Gasteiger partial charge in [0.15, 0.2) is 6.61 Å². The minimum absolute atomic E-state index is 0.00500. The fraction of sp³-hybridized carbons (Fsp3) is 0.158. The van der Waals surface area contributed by atoms with Gasteiger partial charge in [0.1, 0.15) is 5.69 Å². The second kappa shape index (κ2) is 9.22. The molecule has 0 bridgehead atoms. The SMILES string of the molecule is Cc1cc(NC(=O)COC(=O)/C=C/c2ccccc2[N+](=O)[O-])c([N+](=O)[O-])cc1C. The van der Waals surface area contributed by atoms with Gasteiger partial charge in [-0.05, 0) is 43.2 Å². The molecule has 2 aromatic rings. The molecule has 0 aromatic heterocycles. The van der Waals surface area contributed by atoms with Gasteiger partial charge in [-0.3, -0.25) is 25.0 Å². The topological polar surface area (TPSA) is 142 Å². The molecule has 0 radical (unpaired) electrons. The molecule has 150 valence electrons. The van der Waals surface area contributed by atoms with E-state index >= 15 is 0 Å². The van der Waals surface area contributed by atoms with Gasteiger partial charge in [-0.25, -0.2) is 4.79 Å². The van der Waals surface area contributed by atoms with Crippen molar-refractivity contribution in [3.63, 3.8) is 0 Å². The normalized spacial score (nSPS) is 10.6. The first-order chi connectivity index (χ1) is 13.7. The van der Waals surface area contributed by atoms with E-state index in [-0.39, 0.29) is 22.6 Å². The van der Waals surface area contributed by atoms with E-state index in [0.29, 0.717) is 5.56 Å². The molecular weight excluding hydrogens is 382 g/mol. The predicted molar refractivity (Wildman–Crippen MR) is 104 cm³/mol. The molecule has 0 fully saturated rings. The van der Waals surface area contributed by atoms with Crippen LogP contribution in [-0.2, 0) is 14.3 Å². The largest absolute Gasteiger partial charge is 0.452 e. The van der Waals surface area contributed by atoms with Crippen LogP contribution in [0.5, 0.6) is 0 Å². The van der Waals surface area contributed by atoms with Gasteiger partial charge in [0, 0.05) is 18.2 Å². The van der Waals surface area contributed by atoms with E-state index < -0.39 is 28.3 Å². The summed E-state index contributed by atoms with van der Waals surface area (Å²) in [7, 11) is 0. The number of para-hydroxylation sites is 1. The van der Waals surface area contributed by atoms with Crippen molar-refractivity contribution in [3.05, 3.63) is 79.4 Å². The average Bonchev–Trinajstić information content (AvgIpc) is 2.67. The second-order valence-corrected chi connectivity index (χ2v) is 6.02. The molecule has 0 aliphatic rings. The van der Waals surface area contributed by atoms with Crippen LogP contribution >= 0.6 is 0 Å². The highest BCUT2D eigenvalue weighted by Gasteiger charge is 2.18. The summed E-state index contributed by atoms with van der Waals surface area (Å²) < 4.78 is 4.77. The molecule has 0 heterocycles. The number of aryl methyl sites for hydroxylation is 2. The standard InChI is InChI=1S/C19H17N3O7/c1-12-9-15(17(22(27)28)10-13(12)2)20-18(23)11-29-19(24)8-7-14-5-3-4-6-16(14)21(25)26/h3-10H,11H2,1-2H3,(H,20,23)/b8-7+. The van der Waals surface area contributed by atoms with Gasteiger partial charge in [0.2, 0.25) is 0 Å². The maximum atomic E-state index is 12.0. The molecule has 0 spiro atoms. The first-order valence-corrected chi connectivity index (χ1v) is 8.32. The van der Waals surface area contributed by atoms with Crippen molar-refractivity contribution in [2.24, 2.45) is 0 Å². The molecule has 29 heavy (non-hydrogen) atoms. The Morgan fingerprint density at radius 3 is 2.31 bits per heavy atom. The van der Waals surface area contributed by atoms with Crippen LogP contribution in [0.3, 0.4) is 0 Å². The van der Waals surface area contributed by atoms with Gasteiger partial charge in [-0.15, -0.1) is 0 Å². The van der Waals surface area contributed by atoms with E-state index in [4.69, 9.17) is 4.74 Å². The van der Waals surface area contributed by atoms with Crippen LogP contribution in [0.15, 0.2) is 42.5 Å². The molecule has 1 N–H and O–H groups in total. The van der Waals surface area contributed by atoms with Crippen molar-refractivity contribution in [2.75, 3.05) is 11.9 Å². The van der Waals surface area contributed by atoms with Crippen molar-refractivity contribution >= 4 is 35.0 Å². The number of rotatable bonds is 7. The number of ether oxygens (including phenoxy) is 1. The Kier molecular flexibility index (Phi) is 6.75. The third-order valence-corrected chi connectivity index (χ3v) is 3.96. The molecule has 1 amide bonds. The Morgan fingerprint density at radius 2 is 1.66 bits per heavy atom. The van der Waals surface area contributed by atoms with E-state index in [1.54, 1.807) is 19.9 Å².